The van der Waals surface area contributed by atoms with Gasteiger partial charge in [0.1, 0.15) is 6.10 Å². The Bertz CT molecular complexity index is 635. The fourth-order valence-corrected chi connectivity index (χ4v) is 2.57. The number of rotatable bonds is 5. The summed E-state index contributed by atoms with van der Waals surface area (Å²) in [6, 6.07) is 9.78. The molecule has 0 spiro atoms. The largest absolute Gasteiger partial charge is 0.457 e. The minimum absolute atomic E-state index is 0.0761. The Kier molecular flexibility index (Phi) is 4.20. The van der Waals surface area contributed by atoms with Crippen LogP contribution < -0.4 is 0 Å². The minimum atomic E-state index is -0.382. The molecule has 2 aromatic rings. The van der Waals surface area contributed by atoms with Crippen molar-refractivity contribution in [2.75, 3.05) is 7.11 Å². The summed E-state index contributed by atoms with van der Waals surface area (Å²) in [5.41, 5.74) is 1.43. The molecule has 1 fully saturated rings. The number of carbonyl (C=O) groups excluding carboxylic acids is 1. The second kappa shape index (κ2) is 6.27. The van der Waals surface area contributed by atoms with Crippen molar-refractivity contribution in [3.8, 4) is 0 Å². The van der Waals surface area contributed by atoms with E-state index in [-0.39, 0.29) is 24.2 Å². The third-order valence-corrected chi connectivity index (χ3v) is 4.09. The zero-order valence-electron chi connectivity index (χ0n) is 12.7. The highest BCUT2D eigenvalue weighted by atomic mass is 16.6. The molecular weight excluding hydrogens is 282 g/mol. The van der Waals surface area contributed by atoms with Gasteiger partial charge in [0.25, 0.3) is 0 Å². The first-order valence-electron chi connectivity index (χ1n) is 7.38. The van der Waals surface area contributed by atoms with Crippen molar-refractivity contribution in [2.45, 2.75) is 38.0 Å². The summed E-state index contributed by atoms with van der Waals surface area (Å²) in [5, 5.41) is 7.90. The Morgan fingerprint density at radius 2 is 2.00 bits per heavy atom. The van der Waals surface area contributed by atoms with Gasteiger partial charge in [0.15, 0.2) is 5.69 Å². The third-order valence-electron chi connectivity index (χ3n) is 4.09. The standard InChI is InChI=1S/C16H19N3O3/c1-11(12-6-4-3-5-7-12)19-15(10-17-18-19)16(20)22-14-8-13(9-14)21-2/h3-7,10-11,13-14H,8-9H2,1-2H3/t11-,13?,14?/m1/s1. The van der Waals surface area contributed by atoms with Crippen molar-refractivity contribution >= 4 is 5.97 Å². The van der Waals surface area contributed by atoms with E-state index < -0.39 is 0 Å². The molecule has 1 aliphatic rings. The molecule has 0 N–H and O–H groups in total. The van der Waals surface area contributed by atoms with E-state index in [0.717, 1.165) is 18.4 Å². The summed E-state index contributed by atoms with van der Waals surface area (Å²) in [6.45, 7) is 1.98. The van der Waals surface area contributed by atoms with Crippen molar-refractivity contribution in [1.82, 2.24) is 15.0 Å². The van der Waals surface area contributed by atoms with Crippen LogP contribution in [0.15, 0.2) is 36.5 Å². The Hall–Kier alpha value is -2.21. The maximum absolute atomic E-state index is 12.3. The van der Waals surface area contributed by atoms with Gasteiger partial charge in [-0.2, -0.15) is 0 Å². The van der Waals surface area contributed by atoms with Crippen LogP contribution in [0.3, 0.4) is 0 Å². The lowest BCUT2D eigenvalue weighted by atomic mass is 9.92. The molecule has 0 radical (unpaired) electrons. The number of esters is 1. The maximum Gasteiger partial charge on any atom is 0.358 e. The molecule has 6 heteroatoms. The number of hydrogen-bond acceptors (Lipinski definition) is 5. The lowest BCUT2D eigenvalue weighted by Gasteiger charge is -2.33. The van der Waals surface area contributed by atoms with Gasteiger partial charge in [-0.15, -0.1) is 5.10 Å². The van der Waals surface area contributed by atoms with Gasteiger partial charge in [0, 0.05) is 20.0 Å². The smallest absolute Gasteiger partial charge is 0.358 e. The van der Waals surface area contributed by atoms with Gasteiger partial charge in [0.2, 0.25) is 0 Å². The van der Waals surface area contributed by atoms with Crippen LogP contribution in [0.25, 0.3) is 0 Å². The average Bonchev–Trinajstić information content (AvgIpc) is 3.00. The molecule has 1 saturated carbocycles. The van der Waals surface area contributed by atoms with Crippen LogP contribution in [0.1, 0.15) is 41.9 Å². The fraction of sp³-hybridized carbons (Fsp3) is 0.438. The van der Waals surface area contributed by atoms with Gasteiger partial charge in [0.05, 0.1) is 18.3 Å². The van der Waals surface area contributed by atoms with Gasteiger partial charge in [-0.05, 0) is 12.5 Å². The van der Waals surface area contributed by atoms with Crippen LogP contribution in [-0.4, -0.2) is 40.3 Å². The average molecular weight is 301 g/mol. The van der Waals surface area contributed by atoms with E-state index in [0.29, 0.717) is 5.69 Å². The van der Waals surface area contributed by atoms with Crippen molar-refractivity contribution in [3.63, 3.8) is 0 Å². The van der Waals surface area contributed by atoms with Crippen LogP contribution in [0.4, 0.5) is 0 Å². The molecule has 0 bridgehead atoms. The van der Waals surface area contributed by atoms with Crippen molar-refractivity contribution in [3.05, 3.63) is 47.8 Å². The van der Waals surface area contributed by atoms with E-state index in [2.05, 4.69) is 10.3 Å². The van der Waals surface area contributed by atoms with Crippen molar-refractivity contribution in [1.29, 1.82) is 0 Å². The molecule has 6 nitrogen and oxygen atoms in total. The summed E-state index contributed by atoms with van der Waals surface area (Å²) >= 11 is 0. The highest BCUT2D eigenvalue weighted by molar-refractivity contribution is 5.87. The third kappa shape index (κ3) is 2.87. The van der Waals surface area contributed by atoms with E-state index in [1.807, 2.05) is 37.3 Å². The van der Waals surface area contributed by atoms with Crippen LogP contribution in [-0.2, 0) is 9.47 Å². The van der Waals surface area contributed by atoms with E-state index >= 15 is 0 Å². The van der Waals surface area contributed by atoms with Crippen LogP contribution >= 0.6 is 0 Å². The lowest BCUT2D eigenvalue weighted by Crippen LogP contribution is -2.38. The monoisotopic (exact) mass is 301 g/mol. The topological polar surface area (TPSA) is 66.2 Å². The Morgan fingerprint density at radius 3 is 2.68 bits per heavy atom. The molecule has 1 atom stereocenters. The highest BCUT2D eigenvalue weighted by Crippen LogP contribution is 2.27. The van der Waals surface area contributed by atoms with Crippen molar-refractivity contribution in [2.24, 2.45) is 0 Å². The number of ether oxygens (including phenoxy) is 2. The number of aromatic nitrogens is 3. The maximum atomic E-state index is 12.3. The first-order chi connectivity index (χ1) is 10.7. The molecule has 116 valence electrons. The molecule has 0 aliphatic heterocycles. The van der Waals surface area contributed by atoms with Gasteiger partial charge in [-0.1, -0.05) is 35.5 Å². The van der Waals surface area contributed by atoms with Gasteiger partial charge >= 0.3 is 5.97 Å². The number of carbonyl (C=O) groups is 1. The predicted octanol–water partition coefficient (Wildman–Crippen LogP) is 2.22. The first-order valence-corrected chi connectivity index (χ1v) is 7.38. The van der Waals surface area contributed by atoms with Gasteiger partial charge in [-0.25, -0.2) is 9.48 Å². The molecule has 0 saturated heterocycles. The molecule has 0 unspecified atom stereocenters. The highest BCUT2D eigenvalue weighted by Gasteiger charge is 2.33. The second-order valence-electron chi connectivity index (χ2n) is 5.51. The number of hydrogen-bond donors (Lipinski definition) is 0. The van der Waals surface area contributed by atoms with Gasteiger partial charge < -0.3 is 9.47 Å². The summed E-state index contributed by atoms with van der Waals surface area (Å²) in [7, 11) is 1.67. The van der Waals surface area contributed by atoms with Gasteiger partial charge in [-0.3, -0.25) is 0 Å². The number of benzene rings is 1. The summed E-state index contributed by atoms with van der Waals surface area (Å²) < 4.78 is 12.3. The first kappa shape index (κ1) is 14.7. The van der Waals surface area contributed by atoms with Crippen LogP contribution in [0, 0.1) is 0 Å². The second-order valence-corrected chi connectivity index (χ2v) is 5.51. The van der Waals surface area contributed by atoms with E-state index in [1.54, 1.807) is 11.8 Å². The predicted molar refractivity (Wildman–Crippen MR) is 79.5 cm³/mol. The Morgan fingerprint density at radius 1 is 1.27 bits per heavy atom. The molecule has 1 heterocycles. The van der Waals surface area contributed by atoms with Crippen molar-refractivity contribution < 1.29 is 14.3 Å². The summed E-state index contributed by atoms with van der Waals surface area (Å²) in [6.07, 6.45) is 3.07. The molecule has 1 aromatic heterocycles. The SMILES string of the molecule is COC1CC(OC(=O)c2cnnn2[C@H](C)c2ccccc2)C1. The zero-order valence-corrected chi connectivity index (χ0v) is 12.7. The molecular formula is C16H19N3O3. The minimum Gasteiger partial charge on any atom is -0.457 e. The fourth-order valence-electron chi connectivity index (χ4n) is 2.57. The quantitative estimate of drug-likeness (QED) is 0.792. The summed E-state index contributed by atoms with van der Waals surface area (Å²) in [5.74, 6) is -0.382. The molecule has 1 aromatic carbocycles. The lowest BCUT2D eigenvalue weighted by molar-refractivity contribution is -0.0646. The molecule has 3 rings (SSSR count). The molecule has 1 aliphatic carbocycles. The molecule has 22 heavy (non-hydrogen) atoms. The normalized spacial score (nSPS) is 21.9. The van der Waals surface area contributed by atoms with E-state index in [9.17, 15) is 4.79 Å². The summed E-state index contributed by atoms with van der Waals surface area (Å²) in [4.78, 5) is 12.3. The van der Waals surface area contributed by atoms with E-state index in [4.69, 9.17) is 9.47 Å². The Labute approximate surface area is 129 Å². The van der Waals surface area contributed by atoms with Crippen LogP contribution in [0.5, 0.6) is 0 Å². The molecule has 0 amide bonds. The van der Waals surface area contributed by atoms with E-state index in [1.165, 1.54) is 6.20 Å². The number of nitrogens with zero attached hydrogens (tertiary/aromatic N) is 3. The Balaban J connectivity index is 1.71. The zero-order chi connectivity index (χ0) is 15.5. The number of methoxy groups -OCH3 is 1. The van der Waals surface area contributed by atoms with Crippen LogP contribution in [0.2, 0.25) is 0 Å².